The van der Waals surface area contributed by atoms with Crippen LogP contribution in [0.2, 0.25) is 0 Å². The van der Waals surface area contributed by atoms with Crippen LogP contribution in [0.3, 0.4) is 0 Å². The van der Waals surface area contributed by atoms with E-state index in [0.717, 1.165) is 0 Å². The Morgan fingerprint density at radius 1 is 0.960 bits per heavy atom. The van der Waals surface area contributed by atoms with E-state index in [0.29, 0.717) is 35.5 Å². The predicted molar refractivity (Wildman–Crippen MR) is 95.6 cm³/mol. The van der Waals surface area contributed by atoms with Gasteiger partial charge in [-0.3, -0.25) is 0 Å². The lowest BCUT2D eigenvalue weighted by atomic mass is 10.2. The van der Waals surface area contributed by atoms with Crippen LogP contribution in [0.25, 0.3) is 0 Å². The third-order valence-electron chi connectivity index (χ3n) is 3.24. The average molecular weight is 344 g/mol. The summed E-state index contributed by atoms with van der Waals surface area (Å²) in [5.41, 5.74) is 0.585. The molecule has 1 aromatic heterocycles. The molecule has 2 unspecified atom stereocenters. The average Bonchev–Trinajstić information content (AvgIpc) is 3.03. The molecule has 1 rings (SSSR count). The van der Waals surface area contributed by atoms with E-state index in [1.807, 2.05) is 0 Å². The van der Waals surface area contributed by atoms with E-state index in [4.69, 9.17) is 13.9 Å². The number of carbonyl (C=O) groups excluding carboxylic acids is 2. The van der Waals surface area contributed by atoms with Gasteiger partial charge in [0.05, 0.1) is 0 Å². The molecular weight excluding hydrogens is 320 g/mol. The monoisotopic (exact) mass is 344 g/mol. The fraction of sp³-hybridized carbons (Fsp3) is 0.300. The Morgan fingerprint density at radius 2 is 1.32 bits per heavy atom. The van der Waals surface area contributed by atoms with Crippen LogP contribution in [0, 0.1) is 0 Å². The Morgan fingerprint density at radius 3 is 1.60 bits per heavy atom. The van der Waals surface area contributed by atoms with Gasteiger partial charge in [0, 0.05) is 24.0 Å². The lowest BCUT2D eigenvalue weighted by Crippen LogP contribution is -2.12. The van der Waals surface area contributed by atoms with Gasteiger partial charge in [-0.2, -0.15) is 0 Å². The molecule has 25 heavy (non-hydrogen) atoms. The summed E-state index contributed by atoms with van der Waals surface area (Å²) in [6.45, 7) is 17.6. The van der Waals surface area contributed by atoms with Crippen molar-refractivity contribution in [2.75, 3.05) is 0 Å². The molecule has 0 N–H and O–H groups in total. The Labute approximate surface area is 148 Å². The summed E-state index contributed by atoms with van der Waals surface area (Å²) in [5.74, 6) is -0.155. The number of esters is 2. The highest BCUT2D eigenvalue weighted by molar-refractivity contribution is 5.87. The smallest absolute Gasteiger partial charge is 0.333 e. The van der Waals surface area contributed by atoms with Gasteiger partial charge < -0.3 is 13.9 Å². The second-order valence-electron chi connectivity index (χ2n) is 5.64. The molecule has 0 radical (unpaired) electrons. The first-order chi connectivity index (χ1) is 11.8. The van der Waals surface area contributed by atoms with Gasteiger partial charge in [-0.15, -0.1) is 13.2 Å². The zero-order chi connectivity index (χ0) is 19.0. The third-order valence-corrected chi connectivity index (χ3v) is 3.24. The van der Waals surface area contributed by atoms with Crippen LogP contribution < -0.4 is 0 Å². The van der Waals surface area contributed by atoms with Crippen molar-refractivity contribution >= 4 is 11.9 Å². The van der Waals surface area contributed by atoms with Gasteiger partial charge in [0.15, 0.2) is 12.2 Å². The van der Waals surface area contributed by atoms with Gasteiger partial charge in [0.25, 0.3) is 0 Å². The van der Waals surface area contributed by atoms with E-state index in [9.17, 15) is 9.59 Å². The Balaban J connectivity index is 3.01. The molecule has 134 valence electrons. The van der Waals surface area contributed by atoms with Crippen molar-refractivity contribution < 1.29 is 23.5 Å². The van der Waals surface area contributed by atoms with Gasteiger partial charge in [-0.1, -0.05) is 25.3 Å². The van der Waals surface area contributed by atoms with Crippen LogP contribution in [0.15, 0.2) is 66.2 Å². The van der Waals surface area contributed by atoms with E-state index in [1.165, 1.54) is 0 Å². The lowest BCUT2D eigenvalue weighted by Gasteiger charge is -2.16. The van der Waals surface area contributed by atoms with Crippen molar-refractivity contribution in [2.45, 2.75) is 38.9 Å². The first-order valence-electron chi connectivity index (χ1n) is 7.84. The summed E-state index contributed by atoms with van der Waals surface area (Å²) in [5, 5.41) is 0. The minimum Gasteiger partial charge on any atom is -0.458 e. The van der Waals surface area contributed by atoms with Crippen molar-refractivity contribution in [2.24, 2.45) is 0 Å². The van der Waals surface area contributed by atoms with E-state index in [1.54, 1.807) is 38.1 Å². The van der Waals surface area contributed by atoms with Crippen molar-refractivity contribution in [3.63, 3.8) is 0 Å². The highest BCUT2D eigenvalue weighted by Crippen LogP contribution is 2.30. The highest BCUT2D eigenvalue weighted by Gasteiger charge is 2.24. The zero-order valence-electron chi connectivity index (χ0n) is 14.7. The van der Waals surface area contributed by atoms with Gasteiger partial charge in [-0.25, -0.2) is 9.59 Å². The lowest BCUT2D eigenvalue weighted by molar-refractivity contribution is -0.145. The first-order valence-corrected chi connectivity index (χ1v) is 7.84. The van der Waals surface area contributed by atoms with E-state index in [-0.39, 0.29) is 0 Å². The molecule has 0 saturated heterocycles. The standard InChI is InChI=1S/C20H24O5/c1-7-9-15(24-19(21)13(3)4)17-11-12-18(23-17)16(10-8-2)25-20(22)14(5)6/h7-8,11-12,15-16H,1-3,5,9-10H2,4,6H3. The predicted octanol–water partition coefficient (Wildman–Crippen LogP) is 4.75. The van der Waals surface area contributed by atoms with Crippen molar-refractivity contribution in [3.8, 4) is 0 Å². The van der Waals surface area contributed by atoms with Crippen LogP contribution in [-0.2, 0) is 19.1 Å². The summed E-state index contributed by atoms with van der Waals surface area (Å²) < 4.78 is 16.5. The number of hydrogen-bond donors (Lipinski definition) is 0. The van der Waals surface area contributed by atoms with Crippen molar-refractivity contribution in [1.29, 1.82) is 0 Å². The second-order valence-corrected chi connectivity index (χ2v) is 5.64. The summed E-state index contributed by atoms with van der Waals surface area (Å²) in [6.07, 6.45) is 2.75. The maximum Gasteiger partial charge on any atom is 0.333 e. The number of carbonyl (C=O) groups is 2. The molecule has 2 atom stereocenters. The first kappa shape index (κ1) is 20.2. The Bertz CT molecular complexity index is 624. The number of furan rings is 1. The molecule has 1 heterocycles. The Kier molecular flexibility index (Phi) is 7.66. The Hall–Kier alpha value is -2.82. The molecule has 0 aliphatic rings. The van der Waals surface area contributed by atoms with Crippen molar-refractivity contribution in [1.82, 2.24) is 0 Å². The van der Waals surface area contributed by atoms with E-state index >= 15 is 0 Å². The largest absolute Gasteiger partial charge is 0.458 e. The van der Waals surface area contributed by atoms with Gasteiger partial charge in [0.2, 0.25) is 0 Å². The number of rotatable bonds is 10. The number of hydrogen-bond acceptors (Lipinski definition) is 5. The molecule has 0 aromatic carbocycles. The van der Waals surface area contributed by atoms with Crippen LogP contribution in [0.1, 0.15) is 50.4 Å². The van der Waals surface area contributed by atoms with Crippen LogP contribution in [-0.4, -0.2) is 11.9 Å². The maximum absolute atomic E-state index is 11.8. The third kappa shape index (κ3) is 5.95. The second kappa shape index (κ2) is 9.47. The molecule has 0 aliphatic carbocycles. The highest BCUT2D eigenvalue weighted by atomic mass is 16.6. The minimum absolute atomic E-state index is 0.292. The fourth-order valence-electron chi connectivity index (χ4n) is 1.92. The zero-order valence-corrected chi connectivity index (χ0v) is 14.7. The molecule has 0 fully saturated rings. The fourth-order valence-corrected chi connectivity index (χ4v) is 1.92. The summed E-state index contributed by atoms with van der Waals surface area (Å²) in [6, 6.07) is 3.36. The molecule has 5 heteroatoms. The molecule has 0 saturated carbocycles. The summed E-state index contributed by atoms with van der Waals surface area (Å²) in [4.78, 5) is 23.5. The van der Waals surface area contributed by atoms with Gasteiger partial charge in [-0.05, 0) is 26.0 Å². The van der Waals surface area contributed by atoms with E-state index in [2.05, 4.69) is 26.3 Å². The summed E-state index contributed by atoms with van der Waals surface area (Å²) >= 11 is 0. The number of ether oxygens (including phenoxy) is 2. The van der Waals surface area contributed by atoms with Crippen molar-refractivity contribution in [3.05, 3.63) is 73.3 Å². The molecule has 1 aromatic rings. The SMILES string of the molecule is C=CCC(OC(=O)C(=C)C)c1ccc(C(CC=C)OC(=O)C(=C)C)o1. The summed E-state index contributed by atoms with van der Waals surface area (Å²) in [7, 11) is 0. The molecule has 5 nitrogen and oxygen atoms in total. The van der Waals surface area contributed by atoms with Gasteiger partial charge in [0.1, 0.15) is 11.5 Å². The van der Waals surface area contributed by atoms with Gasteiger partial charge >= 0.3 is 11.9 Å². The van der Waals surface area contributed by atoms with Crippen LogP contribution in [0.4, 0.5) is 0 Å². The van der Waals surface area contributed by atoms with E-state index < -0.39 is 24.1 Å². The van der Waals surface area contributed by atoms with Crippen LogP contribution >= 0.6 is 0 Å². The molecule has 0 amide bonds. The van der Waals surface area contributed by atoms with Crippen LogP contribution in [0.5, 0.6) is 0 Å². The quantitative estimate of drug-likeness (QED) is 0.348. The topological polar surface area (TPSA) is 65.7 Å². The normalized spacial score (nSPS) is 12.6. The molecule has 0 bridgehead atoms. The molecular formula is C20H24O5. The molecule has 0 aliphatic heterocycles. The molecule has 0 spiro atoms. The maximum atomic E-state index is 11.8. The minimum atomic E-state index is -0.628.